The van der Waals surface area contributed by atoms with Gasteiger partial charge >= 0.3 is 7.12 Å². The summed E-state index contributed by atoms with van der Waals surface area (Å²) in [6.45, 7) is 21.7. The molecule has 9 atom stereocenters. The van der Waals surface area contributed by atoms with Crippen LogP contribution >= 0.6 is 0 Å². The normalized spacial score (nSPS) is 40.3. The third kappa shape index (κ3) is 5.22. The number of hydrogen-bond acceptors (Lipinski definition) is 3. The van der Waals surface area contributed by atoms with Crippen molar-refractivity contribution >= 4 is 15.2 Å². The van der Waals surface area contributed by atoms with Gasteiger partial charge in [0.2, 0.25) is 0 Å². The van der Waals surface area contributed by atoms with E-state index in [1.807, 2.05) is 0 Å². The zero-order valence-electron chi connectivity index (χ0n) is 26.1. The Labute approximate surface area is 235 Å². The Bertz CT molecular complexity index is 881. The molecule has 0 radical (unpaired) electrons. The van der Waals surface area contributed by atoms with Crippen LogP contribution in [0.1, 0.15) is 99.3 Å². The highest BCUT2D eigenvalue weighted by Crippen LogP contribution is 2.63. The number of hydrogen-bond donors (Lipinski definition) is 1. The summed E-state index contributed by atoms with van der Waals surface area (Å²) >= 11 is 0. The van der Waals surface area contributed by atoms with Gasteiger partial charge < -0.3 is 14.4 Å². The van der Waals surface area contributed by atoms with Crippen molar-refractivity contribution in [2.75, 3.05) is 0 Å². The van der Waals surface area contributed by atoms with Gasteiger partial charge in [0.15, 0.2) is 0 Å². The fourth-order valence-electron chi connectivity index (χ4n) is 9.61. The summed E-state index contributed by atoms with van der Waals surface area (Å²) in [4.78, 5) is 0. The van der Waals surface area contributed by atoms with Crippen molar-refractivity contribution in [2.45, 2.75) is 137 Å². The van der Waals surface area contributed by atoms with Gasteiger partial charge in [0.1, 0.15) is 0 Å². The molecule has 0 spiro atoms. The average molecular weight is 541 g/mol. The zero-order chi connectivity index (χ0) is 27.6. The Morgan fingerprint density at radius 1 is 0.842 bits per heavy atom. The minimum atomic E-state index is -1.76. The van der Waals surface area contributed by atoms with Crippen molar-refractivity contribution in [2.24, 2.45) is 52.3 Å². The molecule has 7 rings (SSSR count). The van der Waals surface area contributed by atoms with E-state index in [-0.39, 0.29) is 25.4 Å². The molecule has 0 aromatic carbocycles. The lowest BCUT2D eigenvalue weighted by molar-refractivity contribution is -0.165. The molecule has 0 aromatic heterocycles. The van der Waals surface area contributed by atoms with Crippen molar-refractivity contribution in [3.05, 3.63) is 16.9 Å². The fraction of sp³-hybridized carbons (Fsp3) is 0.909. The van der Waals surface area contributed by atoms with E-state index < -0.39 is 8.07 Å². The number of rotatable bonds is 8. The van der Waals surface area contributed by atoms with Crippen LogP contribution in [-0.4, -0.2) is 38.6 Å². The third-order valence-corrected chi connectivity index (χ3v) is 14.8. The molecule has 0 unspecified atom stereocenters. The van der Waals surface area contributed by atoms with Crippen molar-refractivity contribution < 1.29 is 14.4 Å². The summed E-state index contributed by atoms with van der Waals surface area (Å²) in [5, 5.41) is 12.7. The van der Waals surface area contributed by atoms with Crippen LogP contribution in [0.3, 0.4) is 0 Å². The first-order valence-corrected chi connectivity index (χ1v) is 19.7. The SMILES string of the molecule is C[C@@H]1[C@H]2C[C@@H](C[C@H]1OB(C=C=C([C@H](O)C1CCCCC1)[Si](C)(C)C)O[C@@H]1C[C@@H]3C[C@H]([C@H]1C)C3(C)C)C2(C)C. The molecule has 7 saturated carbocycles. The summed E-state index contributed by atoms with van der Waals surface area (Å²) in [6, 6.07) is 0. The van der Waals surface area contributed by atoms with Gasteiger partial charge in [0, 0.05) is 12.2 Å². The molecule has 7 aliphatic carbocycles. The van der Waals surface area contributed by atoms with E-state index in [2.05, 4.69) is 72.9 Å². The highest BCUT2D eigenvalue weighted by molar-refractivity contribution is 6.83. The van der Waals surface area contributed by atoms with Crippen LogP contribution in [-0.2, 0) is 9.31 Å². The number of aliphatic hydroxyl groups is 1. The lowest BCUT2D eigenvalue weighted by atomic mass is 9.45. The summed E-state index contributed by atoms with van der Waals surface area (Å²) in [5.74, 6) is 6.61. The smallest absolute Gasteiger partial charge is 0.404 e. The van der Waals surface area contributed by atoms with Crippen LogP contribution in [0.25, 0.3) is 0 Å². The molecule has 0 saturated heterocycles. The van der Waals surface area contributed by atoms with E-state index in [9.17, 15) is 5.11 Å². The molecule has 0 amide bonds. The van der Waals surface area contributed by atoms with Gasteiger partial charge in [0.05, 0.1) is 14.2 Å². The lowest BCUT2D eigenvalue weighted by Gasteiger charge is -2.62. The number of aliphatic hydroxyl groups excluding tert-OH is 1. The molecule has 5 heteroatoms. The van der Waals surface area contributed by atoms with E-state index in [1.54, 1.807) is 0 Å². The minimum absolute atomic E-state index is 0.248. The molecule has 1 N–H and O–H groups in total. The molecular formula is C33H57BO3Si. The van der Waals surface area contributed by atoms with Crippen molar-refractivity contribution in [3.63, 3.8) is 0 Å². The first-order chi connectivity index (χ1) is 17.7. The van der Waals surface area contributed by atoms with Crippen LogP contribution in [0.4, 0.5) is 0 Å². The second-order valence-corrected chi connectivity index (χ2v) is 21.5. The Morgan fingerprint density at radius 3 is 1.71 bits per heavy atom. The van der Waals surface area contributed by atoms with Crippen LogP contribution in [0.2, 0.25) is 19.6 Å². The van der Waals surface area contributed by atoms with Crippen LogP contribution < -0.4 is 0 Å². The maximum Gasteiger partial charge on any atom is 0.494 e. The van der Waals surface area contributed by atoms with Gasteiger partial charge in [-0.15, -0.1) is 5.73 Å². The van der Waals surface area contributed by atoms with Gasteiger partial charge in [-0.25, -0.2) is 0 Å². The van der Waals surface area contributed by atoms with Crippen molar-refractivity contribution in [1.29, 1.82) is 0 Å². The van der Waals surface area contributed by atoms with Gasteiger partial charge in [-0.3, -0.25) is 0 Å². The van der Waals surface area contributed by atoms with E-state index in [4.69, 9.17) is 9.31 Å². The van der Waals surface area contributed by atoms with E-state index in [1.165, 1.54) is 32.1 Å². The molecule has 7 aliphatic rings. The lowest BCUT2D eigenvalue weighted by Crippen LogP contribution is -2.59. The van der Waals surface area contributed by atoms with Crippen LogP contribution in [0.15, 0.2) is 16.9 Å². The number of fused-ring (bicyclic) bond motifs is 4. The molecule has 38 heavy (non-hydrogen) atoms. The van der Waals surface area contributed by atoms with E-state index in [0.29, 0.717) is 28.6 Å². The molecule has 0 aliphatic heterocycles. The first-order valence-electron chi connectivity index (χ1n) is 16.2. The second-order valence-electron chi connectivity index (χ2n) is 16.4. The Kier molecular flexibility index (Phi) is 8.07. The maximum atomic E-state index is 11.5. The quantitative estimate of drug-likeness (QED) is 0.250. The largest absolute Gasteiger partial charge is 0.494 e. The molecule has 0 aromatic rings. The fourth-order valence-corrected chi connectivity index (χ4v) is 11.2. The van der Waals surface area contributed by atoms with E-state index in [0.717, 1.165) is 54.6 Å². The maximum absolute atomic E-state index is 11.5. The van der Waals surface area contributed by atoms with Gasteiger partial charge in [0.25, 0.3) is 0 Å². The Balaban J connectivity index is 1.39. The second kappa shape index (κ2) is 10.5. The van der Waals surface area contributed by atoms with Gasteiger partial charge in [-0.1, -0.05) is 80.4 Å². The van der Waals surface area contributed by atoms with Crippen molar-refractivity contribution in [3.8, 4) is 0 Å². The summed E-state index contributed by atoms with van der Waals surface area (Å²) in [5.41, 5.74) is 4.60. The standard InChI is InChI=1S/C33H57BO3Si/c1-21-26-17-24(32(26,3)4)19-28(21)36-34(37-29-20-25-18-27(22(29)2)33(25,5)6)16-15-30(38(7,8)9)31(35)23-13-11-10-12-14-23/h16,21-29,31,35H,10-14,17-20H2,1-9H3/t15?,21-,22-,24+,25+,26-,27-,28-,29-,31-/m1/s1. The highest BCUT2D eigenvalue weighted by Gasteiger charge is 2.58. The topological polar surface area (TPSA) is 38.7 Å². The monoisotopic (exact) mass is 540 g/mol. The minimum Gasteiger partial charge on any atom is -0.404 e. The molecule has 214 valence electrons. The molecule has 4 bridgehead atoms. The Morgan fingerprint density at radius 2 is 1.32 bits per heavy atom. The average Bonchev–Trinajstić information content (AvgIpc) is 2.85. The zero-order valence-corrected chi connectivity index (χ0v) is 27.1. The first kappa shape index (κ1) is 29.2. The van der Waals surface area contributed by atoms with Gasteiger partial charge in [-0.05, 0) is 102 Å². The summed E-state index contributed by atoms with van der Waals surface area (Å²) in [7, 11) is -2.14. The van der Waals surface area contributed by atoms with Crippen LogP contribution in [0, 0.1) is 52.3 Å². The van der Waals surface area contributed by atoms with Crippen molar-refractivity contribution in [1.82, 2.24) is 0 Å². The van der Waals surface area contributed by atoms with E-state index >= 15 is 0 Å². The predicted molar refractivity (Wildman–Crippen MR) is 161 cm³/mol. The molecule has 0 heterocycles. The summed E-state index contributed by atoms with van der Waals surface area (Å²) in [6.07, 6.45) is 11.2. The van der Waals surface area contributed by atoms with Gasteiger partial charge in [-0.2, -0.15) is 0 Å². The predicted octanol–water partition coefficient (Wildman–Crippen LogP) is 8.09. The molecule has 3 nitrogen and oxygen atoms in total. The molecular weight excluding hydrogens is 483 g/mol. The Hall–Kier alpha value is -0.318. The molecule has 7 fully saturated rings. The summed E-state index contributed by atoms with van der Waals surface area (Å²) < 4.78 is 13.8. The highest BCUT2D eigenvalue weighted by atomic mass is 28.3. The van der Waals surface area contributed by atoms with Crippen LogP contribution in [0.5, 0.6) is 0 Å². The third-order valence-electron chi connectivity index (χ3n) is 12.8.